The smallest absolute Gasteiger partial charge is 0.259 e. The molecule has 0 aliphatic carbocycles. The number of anilines is 1. The molecule has 0 unspecified atom stereocenters. The molecule has 128 valence electrons. The predicted molar refractivity (Wildman–Crippen MR) is 102 cm³/mol. The maximum atomic E-state index is 13.4. The van der Waals surface area contributed by atoms with Crippen molar-refractivity contribution >= 4 is 15.7 Å². The summed E-state index contributed by atoms with van der Waals surface area (Å²) in [5.41, 5.74) is 2.71. The van der Waals surface area contributed by atoms with Crippen LogP contribution in [-0.2, 0) is 10.0 Å². The van der Waals surface area contributed by atoms with Crippen molar-refractivity contribution < 1.29 is 8.42 Å². The van der Waals surface area contributed by atoms with E-state index in [-0.39, 0.29) is 6.04 Å². The number of nitrogens with zero attached hydrogens (tertiary/aromatic N) is 1. The van der Waals surface area contributed by atoms with E-state index in [1.54, 1.807) is 24.3 Å². The van der Waals surface area contributed by atoms with E-state index in [0.717, 1.165) is 11.1 Å². The van der Waals surface area contributed by atoms with Gasteiger partial charge in [0.1, 0.15) is 0 Å². The van der Waals surface area contributed by atoms with Crippen molar-refractivity contribution in [2.24, 2.45) is 0 Å². The van der Waals surface area contributed by atoms with Gasteiger partial charge in [-0.05, 0) is 49.2 Å². The molecule has 0 bridgehead atoms. The number of hydrogen-bond acceptors (Lipinski definition) is 2. The summed E-state index contributed by atoms with van der Waals surface area (Å²) < 4.78 is 28.3. The molecule has 0 aromatic heterocycles. The summed E-state index contributed by atoms with van der Waals surface area (Å²) in [5, 5.41) is 0. The summed E-state index contributed by atoms with van der Waals surface area (Å²) in [7, 11) is -3.68. The minimum atomic E-state index is -3.68. The first-order chi connectivity index (χ1) is 12.0. The van der Waals surface area contributed by atoms with Gasteiger partial charge in [-0.25, -0.2) is 8.42 Å². The zero-order valence-electron chi connectivity index (χ0n) is 14.3. The quantitative estimate of drug-likeness (QED) is 0.652. The molecule has 0 N–H and O–H groups in total. The van der Waals surface area contributed by atoms with Crippen LogP contribution < -0.4 is 4.31 Å². The Morgan fingerprint density at radius 1 is 0.760 bits per heavy atom. The summed E-state index contributed by atoms with van der Waals surface area (Å²) in [6, 6.07) is 25.4. The van der Waals surface area contributed by atoms with Crippen LogP contribution in [0.15, 0.2) is 89.8 Å². The Hall–Kier alpha value is -2.59. The molecule has 0 fully saturated rings. The molecule has 0 saturated carbocycles. The van der Waals surface area contributed by atoms with Crippen molar-refractivity contribution in [3.05, 3.63) is 96.1 Å². The largest absolute Gasteiger partial charge is 0.264 e. The highest BCUT2D eigenvalue weighted by Gasteiger charge is 2.30. The van der Waals surface area contributed by atoms with Crippen molar-refractivity contribution in [3.8, 4) is 0 Å². The summed E-state index contributed by atoms with van der Waals surface area (Å²) in [6.45, 7) is 3.93. The second-order valence-electron chi connectivity index (χ2n) is 5.98. The van der Waals surface area contributed by atoms with Gasteiger partial charge >= 0.3 is 0 Å². The second kappa shape index (κ2) is 7.11. The lowest BCUT2D eigenvalue weighted by Gasteiger charge is -2.31. The standard InChI is InChI=1S/C21H21NO2S/c1-17-11-9-10-16-21(17)18(2)22(19-12-5-3-6-13-19)25(23,24)20-14-7-4-8-15-20/h3-16,18H,1-2H3/t18-/m0/s1. The average molecular weight is 351 g/mol. The first-order valence-corrected chi connectivity index (χ1v) is 9.66. The van der Waals surface area contributed by atoms with Crippen LogP contribution in [0.5, 0.6) is 0 Å². The fourth-order valence-electron chi connectivity index (χ4n) is 3.03. The van der Waals surface area contributed by atoms with Crippen LogP contribution in [0.1, 0.15) is 24.1 Å². The van der Waals surface area contributed by atoms with Gasteiger partial charge in [-0.15, -0.1) is 0 Å². The Morgan fingerprint density at radius 3 is 1.88 bits per heavy atom. The van der Waals surface area contributed by atoms with Crippen molar-refractivity contribution in [2.45, 2.75) is 24.8 Å². The fourth-order valence-corrected chi connectivity index (χ4v) is 4.69. The van der Waals surface area contributed by atoms with E-state index in [4.69, 9.17) is 0 Å². The fraction of sp³-hybridized carbons (Fsp3) is 0.143. The van der Waals surface area contributed by atoms with E-state index in [1.807, 2.05) is 74.5 Å². The first-order valence-electron chi connectivity index (χ1n) is 8.22. The molecule has 3 aromatic carbocycles. The number of aryl methyl sites for hydroxylation is 1. The van der Waals surface area contributed by atoms with E-state index in [9.17, 15) is 8.42 Å². The van der Waals surface area contributed by atoms with Gasteiger partial charge < -0.3 is 0 Å². The molecule has 25 heavy (non-hydrogen) atoms. The minimum absolute atomic E-state index is 0.291. The van der Waals surface area contributed by atoms with Gasteiger partial charge in [0.15, 0.2) is 0 Å². The minimum Gasteiger partial charge on any atom is -0.259 e. The molecule has 0 amide bonds. The monoisotopic (exact) mass is 351 g/mol. The Morgan fingerprint density at radius 2 is 1.28 bits per heavy atom. The molecule has 1 atom stereocenters. The van der Waals surface area contributed by atoms with Gasteiger partial charge in [-0.2, -0.15) is 0 Å². The maximum absolute atomic E-state index is 13.4. The summed E-state index contributed by atoms with van der Waals surface area (Å²) in [4.78, 5) is 0.291. The average Bonchev–Trinajstić information content (AvgIpc) is 2.63. The van der Waals surface area contributed by atoms with E-state index < -0.39 is 10.0 Å². The molecule has 3 aromatic rings. The summed E-state index contributed by atoms with van der Waals surface area (Å²) in [5.74, 6) is 0. The van der Waals surface area contributed by atoms with Gasteiger partial charge in [-0.3, -0.25) is 4.31 Å². The lowest BCUT2D eigenvalue weighted by Crippen LogP contribution is -2.34. The van der Waals surface area contributed by atoms with Gasteiger partial charge in [0.2, 0.25) is 0 Å². The molecule has 0 heterocycles. The maximum Gasteiger partial charge on any atom is 0.264 e. The molecule has 4 heteroatoms. The highest BCUT2D eigenvalue weighted by atomic mass is 32.2. The zero-order chi connectivity index (χ0) is 17.9. The van der Waals surface area contributed by atoms with Crippen molar-refractivity contribution in [1.82, 2.24) is 0 Å². The van der Waals surface area contributed by atoms with E-state index in [2.05, 4.69) is 0 Å². The van der Waals surface area contributed by atoms with Gasteiger partial charge in [-0.1, -0.05) is 60.7 Å². The van der Waals surface area contributed by atoms with Gasteiger partial charge in [0, 0.05) is 0 Å². The Bertz CT molecular complexity index is 938. The van der Waals surface area contributed by atoms with E-state index in [1.165, 1.54) is 4.31 Å². The van der Waals surface area contributed by atoms with Crippen LogP contribution in [-0.4, -0.2) is 8.42 Å². The highest BCUT2D eigenvalue weighted by molar-refractivity contribution is 7.92. The normalized spacial score (nSPS) is 12.6. The molecule has 0 radical (unpaired) electrons. The number of para-hydroxylation sites is 1. The molecular weight excluding hydrogens is 330 g/mol. The zero-order valence-corrected chi connectivity index (χ0v) is 15.1. The van der Waals surface area contributed by atoms with Crippen molar-refractivity contribution in [2.75, 3.05) is 4.31 Å². The van der Waals surface area contributed by atoms with Crippen molar-refractivity contribution in [1.29, 1.82) is 0 Å². The molecule has 0 aliphatic rings. The molecule has 0 saturated heterocycles. The van der Waals surface area contributed by atoms with Crippen LogP contribution in [0.25, 0.3) is 0 Å². The lowest BCUT2D eigenvalue weighted by atomic mass is 10.0. The number of sulfonamides is 1. The van der Waals surface area contributed by atoms with Crippen LogP contribution in [0, 0.1) is 6.92 Å². The lowest BCUT2D eigenvalue weighted by molar-refractivity contribution is 0.582. The third-order valence-electron chi connectivity index (χ3n) is 4.30. The Kier molecular flexibility index (Phi) is 4.91. The molecule has 3 rings (SSSR count). The third kappa shape index (κ3) is 3.44. The number of hydrogen-bond donors (Lipinski definition) is 0. The highest BCUT2D eigenvalue weighted by Crippen LogP contribution is 2.34. The molecular formula is C21H21NO2S. The topological polar surface area (TPSA) is 37.4 Å². The Balaban J connectivity index is 2.16. The van der Waals surface area contributed by atoms with Gasteiger partial charge in [0.25, 0.3) is 10.0 Å². The predicted octanol–water partition coefficient (Wildman–Crippen LogP) is 4.95. The molecule has 0 spiro atoms. The van der Waals surface area contributed by atoms with E-state index in [0.29, 0.717) is 10.6 Å². The van der Waals surface area contributed by atoms with Crippen LogP contribution in [0.3, 0.4) is 0 Å². The third-order valence-corrected chi connectivity index (χ3v) is 6.21. The summed E-state index contributed by atoms with van der Waals surface area (Å²) >= 11 is 0. The summed E-state index contributed by atoms with van der Waals surface area (Å²) in [6.07, 6.45) is 0. The molecule has 3 nitrogen and oxygen atoms in total. The Labute approximate surface area is 149 Å². The van der Waals surface area contributed by atoms with Crippen molar-refractivity contribution in [3.63, 3.8) is 0 Å². The van der Waals surface area contributed by atoms with Crippen LogP contribution in [0.2, 0.25) is 0 Å². The number of rotatable bonds is 5. The number of benzene rings is 3. The van der Waals surface area contributed by atoms with E-state index >= 15 is 0 Å². The van der Waals surface area contributed by atoms with Crippen LogP contribution in [0.4, 0.5) is 5.69 Å². The molecule has 0 aliphatic heterocycles. The SMILES string of the molecule is Cc1ccccc1[C@H](C)N(c1ccccc1)S(=O)(=O)c1ccccc1. The first kappa shape index (κ1) is 17.2. The van der Waals surface area contributed by atoms with Gasteiger partial charge in [0.05, 0.1) is 16.6 Å². The van der Waals surface area contributed by atoms with Crippen LogP contribution >= 0.6 is 0 Å². The second-order valence-corrected chi connectivity index (χ2v) is 7.80.